The summed E-state index contributed by atoms with van der Waals surface area (Å²) in [5, 5.41) is 2.79. The van der Waals surface area contributed by atoms with E-state index < -0.39 is 15.9 Å². The third-order valence-electron chi connectivity index (χ3n) is 6.28. The fourth-order valence-corrected chi connectivity index (χ4v) is 4.74. The van der Waals surface area contributed by atoms with Crippen molar-refractivity contribution in [3.63, 3.8) is 0 Å². The molecule has 0 aliphatic rings. The van der Waals surface area contributed by atoms with Crippen molar-refractivity contribution in [1.29, 1.82) is 0 Å². The zero-order valence-electron chi connectivity index (χ0n) is 22.7. The molecule has 0 aliphatic heterocycles. The summed E-state index contributed by atoms with van der Waals surface area (Å²) in [4.78, 5) is 40.9. The van der Waals surface area contributed by atoms with Crippen LogP contribution in [0, 0.1) is 5.92 Å². The van der Waals surface area contributed by atoms with Crippen LogP contribution in [-0.4, -0.2) is 44.8 Å². The average Bonchev–Trinajstić information content (AvgIpc) is 2.97. The lowest BCUT2D eigenvalue weighted by molar-refractivity contribution is -0.150. The van der Waals surface area contributed by atoms with E-state index in [1.165, 1.54) is 42.6 Å². The molecular weight excluding hydrogens is 534 g/mol. The average molecular weight is 568 g/mol. The minimum Gasteiger partial charge on any atom is -0.497 e. The molecule has 10 nitrogen and oxygen atoms in total. The molecule has 0 radical (unpaired) electrons. The summed E-state index contributed by atoms with van der Waals surface area (Å²) in [6.45, 7) is 4.17. The van der Waals surface area contributed by atoms with Gasteiger partial charge in [0.25, 0.3) is 21.8 Å². The van der Waals surface area contributed by atoms with Crippen LogP contribution in [0.1, 0.15) is 58.7 Å². The van der Waals surface area contributed by atoms with E-state index in [1.807, 2.05) is 42.8 Å². The maximum Gasteiger partial charge on any atom is 0.309 e. The summed E-state index contributed by atoms with van der Waals surface area (Å²) in [6.07, 6.45) is 3.19. The van der Waals surface area contributed by atoms with E-state index in [0.29, 0.717) is 31.5 Å². The summed E-state index contributed by atoms with van der Waals surface area (Å²) >= 11 is 0. The Kier molecular flexibility index (Phi) is 10.8. The standard InChI is InChI=1S/C29H33N3O7S/c1-4-21(5-2)29(35)39-19-24-11-8-23(18-31-24)28(34)32-40(36,37)26-14-9-22(10-15-26)27(33)30-17-16-20-6-12-25(38-3)13-7-20/h6-15,18,21H,4-5,16-17,19H2,1-3H3,(H,30,33)(H,32,34). The normalized spacial score (nSPS) is 11.1. The van der Waals surface area contributed by atoms with Crippen LogP contribution in [0.4, 0.5) is 0 Å². The van der Waals surface area contributed by atoms with Gasteiger partial charge in [-0.2, -0.15) is 0 Å². The summed E-state index contributed by atoms with van der Waals surface area (Å²) < 4.78 is 37.8. The highest BCUT2D eigenvalue weighted by Crippen LogP contribution is 2.14. The van der Waals surface area contributed by atoms with Crippen molar-refractivity contribution in [2.24, 2.45) is 5.92 Å². The quantitative estimate of drug-likeness (QED) is 0.298. The summed E-state index contributed by atoms with van der Waals surface area (Å²) in [5.41, 5.74) is 1.76. The number of rotatable bonds is 13. The molecular formula is C29H33N3O7S. The van der Waals surface area contributed by atoms with E-state index in [4.69, 9.17) is 9.47 Å². The van der Waals surface area contributed by atoms with Crippen molar-refractivity contribution in [2.45, 2.75) is 44.6 Å². The highest BCUT2D eigenvalue weighted by atomic mass is 32.2. The second kappa shape index (κ2) is 14.2. The first kappa shape index (κ1) is 30.3. The number of nitrogens with one attached hydrogen (secondary N) is 2. The first-order chi connectivity index (χ1) is 19.2. The maximum absolute atomic E-state index is 12.7. The largest absolute Gasteiger partial charge is 0.497 e. The van der Waals surface area contributed by atoms with Gasteiger partial charge in [-0.3, -0.25) is 19.4 Å². The predicted octanol–water partition coefficient (Wildman–Crippen LogP) is 3.66. The zero-order valence-corrected chi connectivity index (χ0v) is 23.5. The summed E-state index contributed by atoms with van der Waals surface area (Å²) in [5.74, 6) is -0.951. The highest BCUT2D eigenvalue weighted by Gasteiger charge is 2.20. The number of benzene rings is 2. The molecule has 0 saturated heterocycles. The molecule has 1 heterocycles. The van der Waals surface area contributed by atoms with Gasteiger partial charge in [0.05, 0.1) is 29.2 Å². The molecule has 0 fully saturated rings. The predicted molar refractivity (Wildman–Crippen MR) is 148 cm³/mol. The lowest BCUT2D eigenvalue weighted by Crippen LogP contribution is -2.31. The van der Waals surface area contributed by atoms with E-state index in [2.05, 4.69) is 10.3 Å². The molecule has 0 saturated carbocycles. The molecule has 11 heteroatoms. The Morgan fingerprint density at radius 1 is 0.875 bits per heavy atom. The number of hydrogen-bond acceptors (Lipinski definition) is 8. The SMILES string of the molecule is CCC(CC)C(=O)OCc1ccc(C(=O)NS(=O)(=O)c2ccc(C(=O)NCCc3ccc(OC)cc3)cc2)cn1. The Morgan fingerprint density at radius 3 is 2.10 bits per heavy atom. The van der Waals surface area contributed by atoms with Crippen molar-refractivity contribution in [3.05, 3.63) is 89.2 Å². The molecule has 0 bridgehead atoms. The molecule has 2 aromatic carbocycles. The van der Waals surface area contributed by atoms with Crippen molar-refractivity contribution in [1.82, 2.24) is 15.0 Å². The Balaban J connectivity index is 1.52. The van der Waals surface area contributed by atoms with Crippen LogP contribution in [0.2, 0.25) is 0 Å². The first-order valence-electron chi connectivity index (χ1n) is 12.9. The van der Waals surface area contributed by atoms with Gasteiger partial charge < -0.3 is 14.8 Å². The first-order valence-corrected chi connectivity index (χ1v) is 14.3. The molecule has 0 aliphatic carbocycles. The number of amides is 2. The van der Waals surface area contributed by atoms with E-state index in [0.717, 1.165) is 11.3 Å². The van der Waals surface area contributed by atoms with E-state index >= 15 is 0 Å². The van der Waals surface area contributed by atoms with Crippen molar-refractivity contribution in [3.8, 4) is 5.75 Å². The third kappa shape index (κ3) is 8.37. The number of pyridine rings is 1. The van der Waals surface area contributed by atoms with Crippen molar-refractivity contribution < 1.29 is 32.3 Å². The topological polar surface area (TPSA) is 141 Å². The molecule has 0 unspecified atom stereocenters. The minimum absolute atomic E-state index is 0.0199. The molecule has 2 amide bonds. The van der Waals surface area contributed by atoms with Crippen LogP contribution in [0.5, 0.6) is 5.75 Å². The second-order valence-electron chi connectivity index (χ2n) is 8.97. The Morgan fingerprint density at radius 2 is 1.52 bits per heavy atom. The number of methoxy groups -OCH3 is 1. The van der Waals surface area contributed by atoms with Gasteiger partial charge >= 0.3 is 5.97 Å². The smallest absolute Gasteiger partial charge is 0.309 e. The monoisotopic (exact) mass is 567 g/mol. The number of hydrogen-bond donors (Lipinski definition) is 2. The fraction of sp³-hybridized carbons (Fsp3) is 0.310. The Hall–Kier alpha value is -4.25. The lowest BCUT2D eigenvalue weighted by Gasteiger charge is -2.12. The van der Waals surface area contributed by atoms with E-state index in [9.17, 15) is 22.8 Å². The molecule has 3 rings (SSSR count). The van der Waals surface area contributed by atoms with Crippen molar-refractivity contribution >= 4 is 27.8 Å². The molecule has 212 valence electrons. The molecule has 0 spiro atoms. The maximum atomic E-state index is 12.7. The number of aromatic nitrogens is 1. The van der Waals surface area contributed by atoms with Crippen LogP contribution >= 0.6 is 0 Å². The highest BCUT2D eigenvalue weighted by molar-refractivity contribution is 7.90. The lowest BCUT2D eigenvalue weighted by atomic mass is 10.0. The second-order valence-corrected chi connectivity index (χ2v) is 10.7. The van der Waals surface area contributed by atoms with Crippen LogP contribution < -0.4 is 14.8 Å². The van der Waals surface area contributed by atoms with Gasteiger partial charge in [0.1, 0.15) is 12.4 Å². The Bertz CT molecular complexity index is 1400. The van der Waals surface area contributed by atoms with Crippen LogP contribution in [0.3, 0.4) is 0 Å². The third-order valence-corrected chi connectivity index (χ3v) is 7.63. The van der Waals surface area contributed by atoms with Gasteiger partial charge in [-0.1, -0.05) is 26.0 Å². The molecule has 0 atom stereocenters. The number of carbonyl (C=O) groups excluding carboxylic acids is 3. The number of ether oxygens (including phenoxy) is 2. The number of carbonyl (C=O) groups is 3. The van der Waals surface area contributed by atoms with Gasteiger partial charge in [-0.05, 0) is 73.4 Å². The summed E-state index contributed by atoms with van der Waals surface area (Å²) in [7, 11) is -2.60. The number of sulfonamides is 1. The zero-order chi connectivity index (χ0) is 29.1. The van der Waals surface area contributed by atoms with Gasteiger partial charge in [-0.15, -0.1) is 0 Å². The van der Waals surface area contributed by atoms with Crippen LogP contribution in [0.25, 0.3) is 0 Å². The Labute approximate surface area is 234 Å². The number of esters is 1. The van der Waals surface area contributed by atoms with Gasteiger partial charge in [-0.25, -0.2) is 13.1 Å². The van der Waals surface area contributed by atoms with Gasteiger partial charge in [0.15, 0.2) is 0 Å². The van der Waals surface area contributed by atoms with Gasteiger partial charge in [0, 0.05) is 18.3 Å². The molecule has 40 heavy (non-hydrogen) atoms. The van der Waals surface area contributed by atoms with Crippen molar-refractivity contribution in [2.75, 3.05) is 13.7 Å². The van der Waals surface area contributed by atoms with E-state index in [1.54, 1.807) is 7.11 Å². The van der Waals surface area contributed by atoms with Crippen LogP contribution in [0.15, 0.2) is 71.8 Å². The number of nitrogens with zero attached hydrogens (tertiary/aromatic N) is 1. The molecule has 1 aromatic heterocycles. The van der Waals surface area contributed by atoms with Crippen LogP contribution in [-0.2, 0) is 32.6 Å². The molecule has 3 aromatic rings. The van der Waals surface area contributed by atoms with Gasteiger partial charge in [0.2, 0.25) is 0 Å². The molecule has 2 N–H and O–H groups in total. The minimum atomic E-state index is -4.19. The van der Waals surface area contributed by atoms with E-state index in [-0.39, 0.29) is 40.4 Å². The summed E-state index contributed by atoms with van der Waals surface area (Å²) in [6, 6.07) is 15.7. The fourth-order valence-electron chi connectivity index (χ4n) is 3.77.